The van der Waals surface area contributed by atoms with Crippen LogP contribution < -0.4 is 10.6 Å². The van der Waals surface area contributed by atoms with Crippen LogP contribution in [0.15, 0.2) is 46.9 Å². The van der Waals surface area contributed by atoms with Crippen molar-refractivity contribution >= 4 is 41.3 Å². The molecule has 0 aliphatic carbocycles. The van der Waals surface area contributed by atoms with Gasteiger partial charge in [-0.05, 0) is 37.5 Å². The standard InChI is InChI=1S/C21H28N6S.HI/c1-5-22-21(24-13-20-25-18(14-28-20)15(2)3)23-12-17-8-6-7-9-19(17)27-11-10-16(4)26-27;/h6-11,14-15H,5,12-13H2,1-4H3,(H2,22,23,24);1H. The van der Waals surface area contributed by atoms with E-state index in [1.54, 1.807) is 11.3 Å². The van der Waals surface area contributed by atoms with Crippen LogP contribution in [0, 0.1) is 6.92 Å². The Morgan fingerprint density at radius 1 is 1.21 bits per heavy atom. The number of benzene rings is 1. The van der Waals surface area contributed by atoms with Gasteiger partial charge in [-0.25, -0.2) is 14.7 Å². The van der Waals surface area contributed by atoms with Gasteiger partial charge in [0, 0.05) is 18.1 Å². The number of halogens is 1. The van der Waals surface area contributed by atoms with Crippen LogP contribution in [0.2, 0.25) is 0 Å². The molecule has 1 aromatic carbocycles. The minimum atomic E-state index is 0. The molecule has 6 nitrogen and oxygen atoms in total. The molecule has 3 rings (SSSR count). The Kier molecular flexibility index (Phi) is 9.09. The molecule has 0 amide bonds. The molecule has 0 atom stereocenters. The molecule has 2 aromatic heterocycles. The van der Waals surface area contributed by atoms with E-state index in [4.69, 9.17) is 4.99 Å². The normalized spacial score (nSPS) is 11.4. The predicted octanol–water partition coefficient (Wildman–Crippen LogP) is 4.63. The highest BCUT2D eigenvalue weighted by Gasteiger charge is 2.08. The number of aliphatic imine (C=N–C) groups is 1. The van der Waals surface area contributed by atoms with E-state index in [0.717, 1.165) is 40.2 Å². The van der Waals surface area contributed by atoms with Gasteiger partial charge in [-0.2, -0.15) is 5.10 Å². The number of hydrogen-bond donors (Lipinski definition) is 2. The molecule has 8 heteroatoms. The Balaban J connectivity index is 0.00000300. The first-order chi connectivity index (χ1) is 13.6. The summed E-state index contributed by atoms with van der Waals surface area (Å²) in [5.74, 6) is 1.24. The number of para-hydroxylation sites is 1. The zero-order valence-corrected chi connectivity index (χ0v) is 20.5. The molecular weight excluding hydrogens is 495 g/mol. The number of aryl methyl sites for hydroxylation is 1. The first-order valence-electron chi connectivity index (χ1n) is 9.64. The first kappa shape index (κ1) is 23.3. The molecule has 156 valence electrons. The lowest BCUT2D eigenvalue weighted by Gasteiger charge is -2.12. The van der Waals surface area contributed by atoms with Gasteiger partial charge in [-0.3, -0.25) is 0 Å². The molecule has 0 aliphatic rings. The van der Waals surface area contributed by atoms with E-state index in [1.807, 2.05) is 36.0 Å². The number of aromatic nitrogens is 3. The molecule has 0 saturated carbocycles. The Hall–Kier alpha value is -1.94. The number of nitrogens with zero attached hydrogens (tertiary/aromatic N) is 4. The Morgan fingerprint density at radius 3 is 2.66 bits per heavy atom. The van der Waals surface area contributed by atoms with E-state index in [0.29, 0.717) is 19.0 Å². The third-order valence-corrected chi connectivity index (χ3v) is 5.15. The zero-order chi connectivity index (χ0) is 19.9. The predicted molar refractivity (Wildman–Crippen MR) is 132 cm³/mol. The molecule has 0 bridgehead atoms. The minimum Gasteiger partial charge on any atom is -0.357 e. The van der Waals surface area contributed by atoms with Gasteiger partial charge < -0.3 is 10.6 Å². The molecule has 29 heavy (non-hydrogen) atoms. The quantitative estimate of drug-likeness (QED) is 0.269. The van der Waals surface area contributed by atoms with Gasteiger partial charge in [0.15, 0.2) is 5.96 Å². The summed E-state index contributed by atoms with van der Waals surface area (Å²) in [4.78, 5) is 9.44. The summed E-state index contributed by atoms with van der Waals surface area (Å²) in [6.45, 7) is 10.4. The summed E-state index contributed by atoms with van der Waals surface area (Å²) in [6, 6.07) is 10.2. The smallest absolute Gasteiger partial charge is 0.191 e. The fraction of sp³-hybridized carbons (Fsp3) is 0.381. The highest BCUT2D eigenvalue weighted by Crippen LogP contribution is 2.18. The number of rotatable bonds is 7. The van der Waals surface area contributed by atoms with Crippen molar-refractivity contribution in [2.45, 2.75) is 46.7 Å². The monoisotopic (exact) mass is 524 g/mol. The van der Waals surface area contributed by atoms with E-state index in [1.165, 1.54) is 0 Å². The Labute approximate surface area is 193 Å². The van der Waals surface area contributed by atoms with Gasteiger partial charge in [0.1, 0.15) is 5.01 Å². The highest BCUT2D eigenvalue weighted by atomic mass is 127. The van der Waals surface area contributed by atoms with E-state index < -0.39 is 0 Å². The van der Waals surface area contributed by atoms with Crippen LogP contribution in [0.3, 0.4) is 0 Å². The molecule has 0 saturated heterocycles. The highest BCUT2D eigenvalue weighted by molar-refractivity contribution is 14.0. The maximum Gasteiger partial charge on any atom is 0.191 e. The first-order valence-corrected chi connectivity index (χ1v) is 10.5. The van der Waals surface area contributed by atoms with Crippen molar-refractivity contribution in [1.82, 2.24) is 25.4 Å². The van der Waals surface area contributed by atoms with Crippen molar-refractivity contribution in [2.24, 2.45) is 4.99 Å². The molecule has 0 fully saturated rings. The van der Waals surface area contributed by atoms with Crippen LogP contribution in [0.4, 0.5) is 0 Å². The van der Waals surface area contributed by atoms with Gasteiger partial charge in [0.25, 0.3) is 0 Å². The molecule has 0 aliphatic heterocycles. The zero-order valence-electron chi connectivity index (χ0n) is 17.3. The molecular formula is C21H29IN6S. The van der Waals surface area contributed by atoms with Crippen molar-refractivity contribution < 1.29 is 0 Å². The van der Waals surface area contributed by atoms with E-state index >= 15 is 0 Å². The minimum absolute atomic E-state index is 0. The third kappa shape index (κ3) is 6.53. The molecule has 0 spiro atoms. The molecule has 2 N–H and O–H groups in total. The number of nitrogens with one attached hydrogen (secondary N) is 2. The lowest BCUT2D eigenvalue weighted by atomic mass is 10.2. The van der Waals surface area contributed by atoms with Gasteiger partial charge in [0.05, 0.1) is 30.2 Å². The van der Waals surface area contributed by atoms with Gasteiger partial charge in [0.2, 0.25) is 0 Å². The average molecular weight is 524 g/mol. The lowest BCUT2D eigenvalue weighted by Crippen LogP contribution is -2.36. The largest absolute Gasteiger partial charge is 0.357 e. The Bertz CT molecular complexity index is 931. The van der Waals surface area contributed by atoms with E-state index in [2.05, 4.69) is 59.0 Å². The molecule has 3 aromatic rings. The fourth-order valence-corrected chi connectivity index (χ4v) is 3.65. The van der Waals surface area contributed by atoms with Crippen molar-refractivity contribution in [2.75, 3.05) is 6.54 Å². The summed E-state index contributed by atoms with van der Waals surface area (Å²) in [5.41, 5.74) is 4.32. The molecule has 2 heterocycles. The van der Waals surface area contributed by atoms with Gasteiger partial charge >= 0.3 is 0 Å². The van der Waals surface area contributed by atoms with Crippen LogP contribution in [0.5, 0.6) is 0 Å². The van der Waals surface area contributed by atoms with Crippen LogP contribution in [0.1, 0.15) is 48.6 Å². The van der Waals surface area contributed by atoms with Crippen molar-refractivity contribution in [3.63, 3.8) is 0 Å². The van der Waals surface area contributed by atoms with E-state index in [-0.39, 0.29) is 24.0 Å². The summed E-state index contributed by atoms with van der Waals surface area (Å²) < 4.78 is 1.91. The van der Waals surface area contributed by atoms with Crippen LogP contribution in [-0.4, -0.2) is 27.3 Å². The van der Waals surface area contributed by atoms with Gasteiger partial charge in [-0.15, -0.1) is 35.3 Å². The second kappa shape index (κ2) is 11.3. The third-order valence-electron chi connectivity index (χ3n) is 4.28. The lowest BCUT2D eigenvalue weighted by molar-refractivity contribution is 0.786. The maximum atomic E-state index is 4.76. The second-order valence-electron chi connectivity index (χ2n) is 6.90. The maximum absolute atomic E-state index is 4.76. The number of hydrogen-bond acceptors (Lipinski definition) is 4. The van der Waals surface area contributed by atoms with Crippen molar-refractivity contribution in [3.8, 4) is 5.69 Å². The van der Waals surface area contributed by atoms with Crippen LogP contribution in [0.25, 0.3) is 5.69 Å². The second-order valence-corrected chi connectivity index (χ2v) is 7.84. The summed E-state index contributed by atoms with van der Waals surface area (Å²) in [6.07, 6.45) is 1.98. The fourth-order valence-electron chi connectivity index (χ4n) is 2.75. The van der Waals surface area contributed by atoms with Crippen LogP contribution >= 0.6 is 35.3 Å². The molecule has 0 unspecified atom stereocenters. The summed E-state index contributed by atoms with van der Waals surface area (Å²) >= 11 is 1.69. The number of thiazole rings is 1. The number of guanidine groups is 1. The van der Waals surface area contributed by atoms with Crippen molar-refractivity contribution in [3.05, 3.63) is 63.9 Å². The molecule has 0 radical (unpaired) electrons. The van der Waals surface area contributed by atoms with Crippen molar-refractivity contribution in [1.29, 1.82) is 0 Å². The van der Waals surface area contributed by atoms with E-state index in [9.17, 15) is 0 Å². The summed E-state index contributed by atoms with van der Waals surface area (Å²) in [7, 11) is 0. The Morgan fingerprint density at radius 2 is 2.00 bits per heavy atom. The van der Waals surface area contributed by atoms with Crippen LogP contribution in [-0.2, 0) is 13.1 Å². The van der Waals surface area contributed by atoms with Gasteiger partial charge in [-0.1, -0.05) is 32.0 Å². The average Bonchev–Trinajstić information content (AvgIpc) is 3.33. The summed E-state index contributed by atoms with van der Waals surface area (Å²) in [5, 5.41) is 14.4. The topological polar surface area (TPSA) is 67.1 Å². The SMILES string of the molecule is CCNC(=NCc1ccccc1-n1ccc(C)n1)NCc1nc(C(C)C)cs1.I.